The number of nitrogens with zero attached hydrogens (tertiary/aromatic N) is 3. The first-order valence-electron chi connectivity index (χ1n) is 8.07. The monoisotopic (exact) mass is 567 g/mol. The van der Waals surface area contributed by atoms with Crippen molar-refractivity contribution in [3.8, 4) is 0 Å². The summed E-state index contributed by atoms with van der Waals surface area (Å²) in [4.78, 5) is 61.2. The second kappa shape index (κ2) is 11.9. The van der Waals surface area contributed by atoms with Crippen LogP contribution in [0.5, 0.6) is 0 Å². The van der Waals surface area contributed by atoms with Gasteiger partial charge in [0.15, 0.2) is 17.4 Å². The number of aliphatic hydroxyl groups excluding tert-OH is 2. The largest absolute Gasteiger partial charge is 1.00 e. The second-order valence-electron chi connectivity index (χ2n) is 6.16. The van der Waals surface area contributed by atoms with E-state index in [4.69, 9.17) is 20.3 Å². The first-order valence-corrected chi connectivity index (χ1v) is 12.5. The number of nitrogen functional groups attached to an aromatic ring is 1. The molecule has 0 aliphatic carbocycles. The topological polar surface area (TPSA) is 305 Å². The molecule has 0 amide bonds. The number of nitrogens with two attached hydrogens (primary N) is 1. The number of hydrogen-bond donors (Lipinski definition) is 6. The van der Waals surface area contributed by atoms with Crippen LogP contribution in [0, 0.1) is 0 Å². The molecule has 3 rings (SSSR count). The smallest absolute Gasteiger partial charge is 0.756 e. The van der Waals surface area contributed by atoms with Crippen LogP contribution in [0.15, 0.2) is 11.1 Å². The zero-order chi connectivity index (χ0) is 24.1. The van der Waals surface area contributed by atoms with Crippen molar-refractivity contribution in [3.63, 3.8) is 0 Å². The number of anilines is 1. The Hall–Kier alpha value is 0.440. The molecular formula is C10H14N5Na2O14P3. The number of fused-ring (bicyclic) bond motifs is 1. The van der Waals surface area contributed by atoms with Crippen LogP contribution in [0.1, 0.15) is 6.23 Å². The molecule has 0 bridgehead atoms. The molecular weight excluding hydrogens is 553 g/mol. The molecule has 1 aliphatic rings. The first-order chi connectivity index (χ1) is 14.6. The van der Waals surface area contributed by atoms with E-state index in [9.17, 15) is 38.5 Å². The van der Waals surface area contributed by atoms with Gasteiger partial charge < -0.3 is 44.8 Å². The average molecular weight is 567 g/mol. The number of rotatable bonds is 8. The van der Waals surface area contributed by atoms with Gasteiger partial charge in [0, 0.05) is 0 Å². The van der Waals surface area contributed by atoms with E-state index in [2.05, 4.69) is 28.1 Å². The normalized spacial score (nSPS) is 27.7. The predicted octanol–water partition coefficient (Wildman–Crippen LogP) is -9.59. The summed E-state index contributed by atoms with van der Waals surface area (Å²) in [6, 6.07) is 0. The molecule has 24 heteroatoms. The molecule has 0 spiro atoms. The van der Waals surface area contributed by atoms with Crippen molar-refractivity contribution in [1.29, 1.82) is 0 Å². The Kier molecular flexibility index (Phi) is 11.3. The number of phosphoric acid groups is 3. The summed E-state index contributed by atoms with van der Waals surface area (Å²) in [6.07, 6.45) is -5.50. The van der Waals surface area contributed by atoms with E-state index >= 15 is 0 Å². The number of aromatic nitrogens is 4. The summed E-state index contributed by atoms with van der Waals surface area (Å²) in [5, 5.41) is 20.4. The number of imidazole rings is 1. The number of ether oxygens (including phenoxy) is 1. The molecule has 2 aromatic rings. The Labute approximate surface area is 232 Å². The van der Waals surface area contributed by atoms with Crippen LogP contribution in [0.2, 0.25) is 0 Å². The Morgan fingerprint density at radius 1 is 1.18 bits per heavy atom. The van der Waals surface area contributed by atoms with E-state index < -0.39 is 60.2 Å². The minimum atomic E-state index is -5.86. The predicted molar refractivity (Wildman–Crippen MR) is 93.9 cm³/mol. The Morgan fingerprint density at radius 2 is 1.79 bits per heavy atom. The molecule has 19 nitrogen and oxygen atoms in total. The molecule has 6 unspecified atom stereocenters. The van der Waals surface area contributed by atoms with Gasteiger partial charge in [-0.15, -0.1) is 0 Å². The van der Waals surface area contributed by atoms with Crippen molar-refractivity contribution < 1.29 is 120 Å². The van der Waals surface area contributed by atoms with Gasteiger partial charge in [-0.1, -0.05) is 0 Å². The van der Waals surface area contributed by atoms with Crippen molar-refractivity contribution >= 4 is 40.6 Å². The number of aliphatic hydroxyl groups is 2. The first kappa shape index (κ1) is 32.5. The van der Waals surface area contributed by atoms with Crippen molar-refractivity contribution in [3.05, 3.63) is 16.7 Å². The molecule has 34 heavy (non-hydrogen) atoms. The molecule has 7 atom stereocenters. The molecule has 3 heterocycles. The fourth-order valence-corrected chi connectivity index (χ4v) is 5.65. The van der Waals surface area contributed by atoms with Gasteiger partial charge >= 0.3 is 66.9 Å². The van der Waals surface area contributed by atoms with Crippen molar-refractivity contribution in [2.75, 3.05) is 12.3 Å². The van der Waals surface area contributed by atoms with Gasteiger partial charge in [0.05, 0.1) is 12.9 Å². The Morgan fingerprint density at radius 3 is 2.38 bits per heavy atom. The molecule has 1 aliphatic heterocycles. The van der Waals surface area contributed by atoms with E-state index in [1.165, 1.54) is 0 Å². The maximum atomic E-state index is 11.8. The molecule has 0 radical (unpaired) electrons. The molecule has 0 saturated carbocycles. The number of hydrogen-bond acceptors (Lipinski definition) is 15. The van der Waals surface area contributed by atoms with Crippen LogP contribution in [0.3, 0.4) is 0 Å². The summed E-state index contributed by atoms with van der Waals surface area (Å²) < 4.78 is 50.8. The third kappa shape index (κ3) is 7.97. The van der Waals surface area contributed by atoms with Crippen LogP contribution in [0.25, 0.3) is 11.2 Å². The summed E-state index contributed by atoms with van der Waals surface area (Å²) in [6.45, 7) is -1.09. The molecule has 7 N–H and O–H groups in total. The number of nitrogens with one attached hydrogen (secondary N) is 1. The maximum absolute atomic E-state index is 11.8. The van der Waals surface area contributed by atoms with Crippen LogP contribution in [-0.2, 0) is 31.6 Å². The van der Waals surface area contributed by atoms with E-state index in [0.29, 0.717) is 0 Å². The van der Waals surface area contributed by atoms with Crippen LogP contribution >= 0.6 is 23.5 Å². The van der Waals surface area contributed by atoms with Gasteiger partial charge in [-0.2, -0.15) is 4.98 Å². The van der Waals surface area contributed by atoms with Crippen LogP contribution in [0.4, 0.5) is 5.95 Å². The van der Waals surface area contributed by atoms with Gasteiger partial charge in [0.2, 0.25) is 5.95 Å². The third-order valence-electron chi connectivity index (χ3n) is 3.87. The number of aromatic amines is 1. The van der Waals surface area contributed by atoms with Crippen molar-refractivity contribution in [2.45, 2.75) is 24.5 Å². The minimum Gasteiger partial charge on any atom is -0.756 e. The average Bonchev–Trinajstić information content (AvgIpc) is 3.12. The Balaban J connectivity index is 0.00000289. The minimum absolute atomic E-state index is 0. The third-order valence-corrected chi connectivity index (χ3v) is 7.61. The maximum Gasteiger partial charge on any atom is 1.00 e. The van der Waals surface area contributed by atoms with Crippen molar-refractivity contribution in [2.24, 2.45) is 0 Å². The SMILES string of the molecule is Nc1nc2c(ncn2C2OC(COP(=O)([O-])OP(=O)(O)OP(=O)([O-])O)[C@@H](O)C2O)c(=O)[nH]1.[Na+].[Na+]. The summed E-state index contributed by atoms with van der Waals surface area (Å²) in [5.41, 5.74) is 4.44. The van der Waals surface area contributed by atoms with E-state index in [0.717, 1.165) is 10.9 Å². The molecule has 1 fully saturated rings. The molecule has 0 aromatic carbocycles. The van der Waals surface area contributed by atoms with Crippen molar-refractivity contribution in [1.82, 2.24) is 19.5 Å². The zero-order valence-electron chi connectivity index (χ0n) is 17.2. The van der Waals surface area contributed by atoms with E-state index in [1.807, 2.05) is 0 Å². The summed E-state index contributed by atoms with van der Waals surface area (Å²) in [5.74, 6) is -0.289. The van der Waals surface area contributed by atoms with Gasteiger partial charge in [0.25, 0.3) is 21.2 Å². The molecule has 2 aromatic heterocycles. The van der Waals surface area contributed by atoms with Gasteiger partial charge in [-0.3, -0.25) is 23.5 Å². The van der Waals surface area contributed by atoms with Crippen LogP contribution in [-0.4, -0.2) is 64.4 Å². The van der Waals surface area contributed by atoms with Crippen LogP contribution < -0.4 is 80.2 Å². The Bertz CT molecular complexity index is 1220. The second-order valence-corrected chi connectivity index (χ2v) is 10.5. The fourth-order valence-electron chi connectivity index (χ4n) is 2.69. The van der Waals surface area contributed by atoms with Gasteiger partial charge in [-0.25, -0.2) is 18.2 Å². The van der Waals surface area contributed by atoms with Gasteiger partial charge in [0.1, 0.15) is 18.3 Å². The number of H-pyrrole nitrogens is 1. The quantitative estimate of drug-likeness (QED) is 0.127. The van der Waals surface area contributed by atoms with Gasteiger partial charge in [-0.05, 0) is 0 Å². The fraction of sp³-hybridized carbons (Fsp3) is 0.500. The zero-order valence-corrected chi connectivity index (χ0v) is 23.9. The van der Waals surface area contributed by atoms with E-state index in [-0.39, 0.29) is 76.2 Å². The summed E-state index contributed by atoms with van der Waals surface area (Å²) >= 11 is 0. The number of phosphoric ester groups is 1. The molecule has 1 saturated heterocycles. The summed E-state index contributed by atoms with van der Waals surface area (Å²) in [7, 11) is -17.5. The molecule has 180 valence electrons. The standard InChI is InChI=1S/C10H16N5O14P3.2Na/c11-10-13-7-4(8(18)14-10)12-2-15(7)9-6(17)5(16)3(27-9)1-26-31(22,23)29-32(24,25)28-30(19,20)21;;/h2-3,5-6,9,16-17H,1H2,(H,22,23)(H,24,25)(H2,19,20,21)(H3,11,13,14,18);;/q;2*+1/p-2/t3?,5-,6?,9?;;/m1../s1. The van der Waals surface area contributed by atoms with E-state index in [1.54, 1.807) is 0 Å².